The molecule has 1 fully saturated rings. The Balaban J connectivity index is 1.53. The molecule has 0 aliphatic carbocycles. The van der Waals surface area contributed by atoms with Crippen molar-refractivity contribution in [3.63, 3.8) is 0 Å². The number of hydrogen-bond acceptors (Lipinski definition) is 7. The Hall–Kier alpha value is -2.48. The second-order valence-electron chi connectivity index (χ2n) is 5.42. The SMILES string of the molecule is CNc1ccc(CC(=O)N2CCN(c3ccc(Cl)nn3)CC2)nn1. The zero-order valence-corrected chi connectivity index (χ0v) is 14.1. The van der Waals surface area contributed by atoms with Gasteiger partial charge in [0.25, 0.3) is 0 Å². The van der Waals surface area contributed by atoms with Gasteiger partial charge >= 0.3 is 0 Å². The predicted molar refractivity (Wildman–Crippen MR) is 91.1 cm³/mol. The fraction of sp³-hybridized carbons (Fsp3) is 0.400. The van der Waals surface area contributed by atoms with Crippen molar-refractivity contribution in [3.8, 4) is 0 Å². The van der Waals surface area contributed by atoms with Crippen LogP contribution in [0.3, 0.4) is 0 Å². The van der Waals surface area contributed by atoms with Gasteiger partial charge in [0, 0.05) is 33.2 Å². The van der Waals surface area contributed by atoms with Gasteiger partial charge in [-0.1, -0.05) is 11.6 Å². The number of nitrogens with zero attached hydrogens (tertiary/aromatic N) is 6. The van der Waals surface area contributed by atoms with Gasteiger partial charge in [-0.2, -0.15) is 5.10 Å². The van der Waals surface area contributed by atoms with Crippen molar-refractivity contribution in [1.29, 1.82) is 0 Å². The summed E-state index contributed by atoms with van der Waals surface area (Å²) in [5.74, 6) is 1.52. The maximum Gasteiger partial charge on any atom is 0.228 e. The van der Waals surface area contributed by atoms with Crippen molar-refractivity contribution in [2.45, 2.75) is 6.42 Å². The van der Waals surface area contributed by atoms with Crippen molar-refractivity contribution in [2.24, 2.45) is 0 Å². The quantitative estimate of drug-likeness (QED) is 0.877. The number of rotatable bonds is 4. The molecule has 1 saturated heterocycles. The Morgan fingerprint density at radius 1 is 1.08 bits per heavy atom. The molecule has 9 heteroatoms. The molecule has 8 nitrogen and oxygen atoms in total. The van der Waals surface area contributed by atoms with Gasteiger partial charge in [0.2, 0.25) is 5.91 Å². The molecule has 1 aliphatic heterocycles. The maximum absolute atomic E-state index is 12.4. The highest BCUT2D eigenvalue weighted by Gasteiger charge is 2.22. The molecule has 3 heterocycles. The van der Waals surface area contributed by atoms with Crippen LogP contribution in [0.2, 0.25) is 5.15 Å². The first-order valence-electron chi connectivity index (χ1n) is 7.68. The number of nitrogens with one attached hydrogen (secondary N) is 1. The first-order chi connectivity index (χ1) is 11.7. The topological polar surface area (TPSA) is 87.1 Å². The van der Waals surface area contributed by atoms with E-state index >= 15 is 0 Å². The van der Waals surface area contributed by atoms with E-state index in [4.69, 9.17) is 11.6 Å². The normalized spacial score (nSPS) is 14.6. The van der Waals surface area contributed by atoms with Crippen LogP contribution >= 0.6 is 11.6 Å². The third-order valence-electron chi connectivity index (χ3n) is 3.88. The Bertz CT molecular complexity index is 684. The molecule has 0 radical (unpaired) electrons. The maximum atomic E-state index is 12.4. The molecule has 0 unspecified atom stereocenters. The number of carbonyl (C=O) groups is 1. The second kappa shape index (κ2) is 7.39. The summed E-state index contributed by atoms with van der Waals surface area (Å²) in [7, 11) is 1.78. The van der Waals surface area contributed by atoms with Gasteiger partial charge in [0.1, 0.15) is 5.82 Å². The van der Waals surface area contributed by atoms with E-state index in [1.54, 1.807) is 13.1 Å². The van der Waals surface area contributed by atoms with Crippen LogP contribution < -0.4 is 10.2 Å². The summed E-state index contributed by atoms with van der Waals surface area (Å²) >= 11 is 5.75. The van der Waals surface area contributed by atoms with E-state index in [0.717, 1.165) is 5.82 Å². The molecule has 0 atom stereocenters. The molecule has 2 aromatic rings. The number of amides is 1. The Labute approximate surface area is 144 Å². The van der Waals surface area contributed by atoms with Crippen LogP contribution in [0, 0.1) is 0 Å². The second-order valence-corrected chi connectivity index (χ2v) is 5.81. The minimum absolute atomic E-state index is 0.0587. The lowest BCUT2D eigenvalue weighted by Crippen LogP contribution is -2.49. The lowest BCUT2D eigenvalue weighted by Gasteiger charge is -2.35. The third-order valence-corrected chi connectivity index (χ3v) is 4.08. The van der Waals surface area contributed by atoms with E-state index in [0.29, 0.717) is 42.8 Å². The summed E-state index contributed by atoms with van der Waals surface area (Å²) in [4.78, 5) is 16.3. The van der Waals surface area contributed by atoms with E-state index in [2.05, 4.69) is 30.6 Å². The minimum Gasteiger partial charge on any atom is -0.372 e. The van der Waals surface area contributed by atoms with Crippen LogP contribution in [-0.2, 0) is 11.2 Å². The van der Waals surface area contributed by atoms with Gasteiger partial charge in [-0.3, -0.25) is 4.79 Å². The zero-order chi connectivity index (χ0) is 16.9. The Morgan fingerprint density at radius 3 is 2.46 bits per heavy atom. The monoisotopic (exact) mass is 347 g/mol. The largest absolute Gasteiger partial charge is 0.372 e. The molecule has 24 heavy (non-hydrogen) atoms. The highest BCUT2D eigenvalue weighted by atomic mass is 35.5. The van der Waals surface area contributed by atoms with Crippen molar-refractivity contribution < 1.29 is 4.79 Å². The first kappa shape index (κ1) is 16.4. The highest BCUT2D eigenvalue weighted by molar-refractivity contribution is 6.29. The van der Waals surface area contributed by atoms with E-state index in [9.17, 15) is 4.79 Å². The van der Waals surface area contributed by atoms with Crippen molar-refractivity contribution in [1.82, 2.24) is 25.3 Å². The summed E-state index contributed by atoms with van der Waals surface area (Å²) in [5, 5.41) is 19.2. The van der Waals surface area contributed by atoms with Gasteiger partial charge in [0.05, 0.1) is 12.1 Å². The molecule has 0 spiro atoms. The number of piperazine rings is 1. The Morgan fingerprint density at radius 2 is 1.88 bits per heavy atom. The van der Waals surface area contributed by atoms with Crippen LogP contribution in [0.5, 0.6) is 0 Å². The van der Waals surface area contributed by atoms with E-state index < -0.39 is 0 Å². The number of hydrogen-bond donors (Lipinski definition) is 1. The van der Waals surface area contributed by atoms with Gasteiger partial charge in [-0.15, -0.1) is 15.3 Å². The highest BCUT2D eigenvalue weighted by Crippen LogP contribution is 2.15. The van der Waals surface area contributed by atoms with Crippen LogP contribution in [-0.4, -0.2) is 64.4 Å². The number of carbonyl (C=O) groups excluding carboxylic acids is 1. The zero-order valence-electron chi connectivity index (χ0n) is 13.3. The molecule has 3 rings (SSSR count). The smallest absolute Gasteiger partial charge is 0.228 e. The molecule has 0 saturated carbocycles. The number of halogens is 1. The molecule has 0 bridgehead atoms. The van der Waals surface area contributed by atoms with E-state index in [1.165, 1.54) is 0 Å². The van der Waals surface area contributed by atoms with E-state index in [1.807, 2.05) is 23.1 Å². The van der Waals surface area contributed by atoms with Crippen LogP contribution in [0.1, 0.15) is 5.69 Å². The standard InChI is InChI=1S/C15H18ClN7O/c1-17-13-4-2-11(18-20-13)10-15(24)23-8-6-22(7-9-23)14-5-3-12(16)19-21-14/h2-5H,6-10H2,1H3,(H,17,20). The fourth-order valence-electron chi connectivity index (χ4n) is 2.52. The average molecular weight is 348 g/mol. The van der Waals surface area contributed by atoms with Crippen LogP contribution in [0.15, 0.2) is 24.3 Å². The number of anilines is 2. The van der Waals surface area contributed by atoms with Gasteiger partial charge < -0.3 is 15.1 Å². The average Bonchev–Trinajstić information content (AvgIpc) is 2.63. The summed E-state index contributed by atoms with van der Waals surface area (Å²) in [6, 6.07) is 7.18. The summed E-state index contributed by atoms with van der Waals surface area (Å²) < 4.78 is 0. The van der Waals surface area contributed by atoms with Crippen molar-refractivity contribution >= 4 is 29.1 Å². The molecule has 1 amide bonds. The third kappa shape index (κ3) is 3.88. The van der Waals surface area contributed by atoms with Crippen LogP contribution in [0.25, 0.3) is 0 Å². The fourth-order valence-corrected chi connectivity index (χ4v) is 2.62. The summed E-state index contributed by atoms with van der Waals surface area (Å²) in [5.41, 5.74) is 0.671. The van der Waals surface area contributed by atoms with Crippen LogP contribution in [0.4, 0.5) is 11.6 Å². The molecular formula is C15H18ClN7O. The molecule has 0 aromatic carbocycles. The van der Waals surface area contributed by atoms with E-state index in [-0.39, 0.29) is 12.3 Å². The molecule has 1 N–H and O–H groups in total. The predicted octanol–water partition coefficient (Wildman–Crippen LogP) is 0.853. The minimum atomic E-state index is 0.0587. The molecular weight excluding hydrogens is 330 g/mol. The molecule has 126 valence electrons. The molecule has 1 aliphatic rings. The first-order valence-corrected chi connectivity index (χ1v) is 8.06. The summed E-state index contributed by atoms with van der Waals surface area (Å²) in [6.45, 7) is 2.72. The molecule has 2 aromatic heterocycles. The summed E-state index contributed by atoms with van der Waals surface area (Å²) in [6.07, 6.45) is 0.262. The number of aromatic nitrogens is 4. The van der Waals surface area contributed by atoms with Gasteiger partial charge in [-0.25, -0.2) is 0 Å². The van der Waals surface area contributed by atoms with Crippen molar-refractivity contribution in [2.75, 3.05) is 43.4 Å². The van der Waals surface area contributed by atoms with Gasteiger partial charge in [0.15, 0.2) is 11.0 Å². The lowest BCUT2D eigenvalue weighted by atomic mass is 10.2. The lowest BCUT2D eigenvalue weighted by molar-refractivity contribution is -0.130. The van der Waals surface area contributed by atoms with Gasteiger partial charge in [-0.05, 0) is 24.3 Å². The Kier molecular flexibility index (Phi) is 5.05. The van der Waals surface area contributed by atoms with Crippen molar-refractivity contribution in [3.05, 3.63) is 35.1 Å².